The van der Waals surface area contributed by atoms with E-state index < -0.39 is 0 Å². The summed E-state index contributed by atoms with van der Waals surface area (Å²) in [5.74, 6) is 2.04. The minimum Gasteiger partial charge on any atom is -0.497 e. The van der Waals surface area contributed by atoms with Gasteiger partial charge in [0.15, 0.2) is 0 Å². The molecule has 2 aromatic rings. The number of aryl methyl sites for hydroxylation is 1. The van der Waals surface area contributed by atoms with Crippen molar-refractivity contribution in [2.45, 2.75) is 26.7 Å². The van der Waals surface area contributed by atoms with Crippen LogP contribution in [0.2, 0.25) is 0 Å². The van der Waals surface area contributed by atoms with E-state index in [1.54, 1.807) is 7.11 Å². The molecule has 0 atom stereocenters. The van der Waals surface area contributed by atoms with E-state index in [1.165, 1.54) is 0 Å². The number of benzene rings is 1. The van der Waals surface area contributed by atoms with E-state index in [0.29, 0.717) is 37.1 Å². The van der Waals surface area contributed by atoms with Crippen LogP contribution < -0.4 is 10.1 Å². The van der Waals surface area contributed by atoms with Crippen molar-refractivity contribution in [3.05, 3.63) is 30.2 Å². The monoisotopic (exact) mass is 303 g/mol. The average Bonchev–Trinajstić information content (AvgIpc) is 3.00. The third-order valence-corrected chi connectivity index (χ3v) is 3.06. The van der Waals surface area contributed by atoms with Crippen molar-refractivity contribution < 1.29 is 13.9 Å². The lowest BCUT2D eigenvalue weighted by atomic mass is 10.2. The normalized spacial score (nSPS) is 10.7. The van der Waals surface area contributed by atoms with Crippen LogP contribution in [0.5, 0.6) is 5.75 Å². The number of ether oxygens (including phenoxy) is 1. The van der Waals surface area contributed by atoms with E-state index in [-0.39, 0.29) is 5.91 Å². The summed E-state index contributed by atoms with van der Waals surface area (Å²) in [6.45, 7) is 4.79. The number of hydrogen-bond donors (Lipinski definition) is 1. The number of carbonyl (C=O) groups is 1. The van der Waals surface area contributed by atoms with Crippen molar-refractivity contribution in [2.75, 3.05) is 13.7 Å². The van der Waals surface area contributed by atoms with Gasteiger partial charge in [0.2, 0.25) is 17.7 Å². The number of methoxy groups -OCH3 is 1. The summed E-state index contributed by atoms with van der Waals surface area (Å²) in [5.41, 5.74) is 0.794. The van der Waals surface area contributed by atoms with E-state index in [0.717, 1.165) is 11.3 Å². The molecule has 22 heavy (non-hydrogen) atoms. The molecule has 0 aliphatic rings. The van der Waals surface area contributed by atoms with Crippen LogP contribution in [0.3, 0.4) is 0 Å². The SMILES string of the molecule is COc1cccc(-c2nnc(CCC(=O)NCC(C)C)o2)c1. The molecule has 0 fully saturated rings. The van der Waals surface area contributed by atoms with Crippen molar-refractivity contribution in [1.82, 2.24) is 15.5 Å². The summed E-state index contributed by atoms with van der Waals surface area (Å²) >= 11 is 0. The highest BCUT2D eigenvalue weighted by molar-refractivity contribution is 5.76. The highest BCUT2D eigenvalue weighted by Gasteiger charge is 2.11. The zero-order chi connectivity index (χ0) is 15.9. The molecule has 118 valence electrons. The van der Waals surface area contributed by atoms with Gasteiger partial charge in [-0.1, -0.05) is 19.9 Å². The van der Waals surface area contributed by atoms with E-state index in [1.807, 2.05) is 24.3 Å². The fraction of sp³-hybridized carbons (Fsp3) is 0.438. The molecular formula is C16H21N3O3. The second kappa shape index (κ2) is 7.59. The van der Waals surface area contributed by atoms with Gasteiger partial charge < -0.3 is 14.5 Å². The van der Waals surface area contributed by atoms with Crippen molar-refractivity contribution in [3.63, 3.8) is 0 Å². The molecule has 6 nitrogen and oxygen atoms in total. The van der Waals surface area contributed by atoms with Gasteiger partial charge in [-0.3, -0.25) is 4.79 Å². The van der Waals surface area contributed by atoms with Crippen LogP contribution in [0, 0.1) is 5.92 Å². The van der Waals surface area contributed by atoms with Crippen LogP contribution >= 0.6 is 0 Å². The topological polar surface area (TPSA) is 77.2 Å². The van der Waals surface area contributed by atoms with Crippen molar-refractivity contribution in [3.8, 4) is 17.2 Å². The maximum atomic E-state index is 11.7. The van der Waals surface area contributed by atoms with Crippen molar-refractivity contribution >= 4 is 5.91 Å². The lowest BCUT2D eigenvalue weighted by molar-refractivity contribution is -0.121. The van der Waals surface area contributed by atoms with Crippen LogP contribution in [0.1, 0.15) is 26.2 Å². The summed E-state index contributed by atoms with van der Waals surface area (Å²) in [6.07, 6.45) is 0.771. The van der Waals surface area contributed by atoms with E-state index >= 15 is 0 Å². The number of aromatic nitrogens is 2. The first-order valence-corrected chi connectivity index (χ1v) is 7.32. The fourth-order valence-corrected chi connectivity index (χ4v) is 1.85. The quantitative estimate of drug-likeness (QED) is 0.850. The maximum absolute atomic E-state index is 11.7. The Bertz CT molecular complexity index is 623. The number of nitrogens with one attached hydrogen (secondary N) is 1. The van der Waals surface area contributed by atoms with E-state index in [2.05, 4.69) is 29.4 Å². The van der Waals surface area contributed by atoms with Crippen LogP contribution in [-0.4, -0.2) is 29.8 Å². The van der Waals surface area contributed by atoms with Gasteiger partial charge in [-0.25, -0.2) is 0 Å². The van der Waals surface area contributed by atoms with Gasteiger partial charge in [0.1, 0.15) is 5.75 Å². The molecule has 2 rings (SSSR count). The minimum absolute atomic E-state index is 0.00479. The Morgan fingerprint density at radius 1 is 1.36 bits per heavy atom. The number of carbonyl (C=O) groups excluding carboxylic acids is 1. The molecule has 1 aromatic carbocycles. The second-order valence-corrected chi connectivity index (χ2v) is 5.43. The molecule has 6 heteroatoms. The number of rotatable bonds is 7. The first kappa shape index (κ1) is 16.0. The van der Waals surface area contributed by atoms with Gasteiger partial charge in [-0.05, 0) is 24.1 Å². The molecule has 0 spiro atoms. The van der Waals surface area contributed by atoms with Gasteiger partial charge in [-0.15, -0.1) is 10.2 Å². The van der Waals surface area contributed by atoms with E-state index in [4.69, 9.17) is 9.15 Å². The number of amides is 1. The minimum atomic E-state index is -0.00479. The molecule has 1 aromatic heterocycles. The molecular weight excluding hydrogens is 282 g/mol. The highest BCUT2D eigenvalue weighted by Crippen LogP contribution is 2.22. The van der Waals surface area contributed by atoms with Crippen LogP contribution in [0.4, 0.5) is 0 Å². The Hall–Kier alpha value is -2.37. The summed E-state index contributed by atoms with van der Waals surface area (Å²) in [6, 6.07) is 7.40. The van der Waals surface area contributed by atoms with Gasteiger partial charge >= 0.3 is 0 Å². The molecule has 1 amide bonds. The zero-order valence-corrected chi connectivity index (χ0v) is 13.1. The Kier molecular flexibility index (Phi) is 5.52. The summed E-state index contributed by atoms with van der Waals surface area (Å²) < 4.78 is 10.8. The summed E-state index contributed by atoms with van der Waals surface area (Å²) in [5, 5.41) is 10.8. The third-order valence-electron chi connectivity index (χ3n) is 3.06. The Morgan fingerprint density at radius 2 is 2.18 bits per heavy atom. The highest BCUT2D eigenvalue weighted by atomic mass is 16.5. The van der Waals surface area contributed by atoms with Gasteiger partial charge in [0, 0.05) is 24.9 Å². The summed E-state index contributed by atoms with van der Waals surface area (Å²) in [7, 11) is 1.61. The molecule has 1 heterocycles. The molecule has 0 aliphatic carbocycles. The smallest absolute Gasteiger partial charge is 0.247 e. The van der Waals surface area contributed by atoms with Gasteiger partial charge in [0.05, 0.1) is 7.11 Å². The van der Waals surface area contributed by atoms with Crippen LogP contribution in [-0.2, 0) is 11.2 Å². The lowest BCUT2D eigenvalue weighted by Gasteiger charge is -2.06. The molecule has 0 unspecified atom stereocenters. The van der Waals surface area contributed by atoms with Gasteiger partial charge in [-0.2, -0.15) is 0 Å². The first-order chi connectivity index (χ1) is 10.6. The Labute approximate surface area is 129 Å². The molecule has 0 saturated carbocycles. The standard InChI is InChI=1S/C16H21N3O3/c1-11(2)10-17-14(20)7-8-15-18-19-16(22-15)12-5-4-6-13(9-12)21-3/h4-6,9,11H,7-8,10H2,1-3H3,(H,17,20). The molecule has 0 radical (unpaired) electrons. The van der Waals surface area contributed by atoms with Gasteiger partial charge in [0.25, 0.3) is 0 Å². The van der Waals surface area contributed by atoms with Crippen molar-refractivity contribution in [1.29, 1.82) is 0 Å². The number of hydrogen-bond acceptors (Lipinski definition) is 5. The first-order valence-electron chi connectivity index (χ1n) is 7.32. The van der Waals surface area contributed by atoms with Crippen LogP contribution in [0.25, 0.3) is 11.5 Å². The largest absolute Gasteiger partial charge is 0.497 e. The lowest BCUT2D eigenvalue weighted by Crippen LogP contribution is -2.27. The molecule has 0 saturated heterocycles. The molecule has 0 bridgehead atoms. The predicted molar refractivity (Wildman–Crippen MR) is 82.5 cm³/mol. The Balaban J connectivity index is 1.92. The molecule has 1 N–H and O–H groups in total. The second-order valence-electron chi connectivity index (χ2n) is 5.43. The predicted octanol–water partition coefficient (Wildman–Crippen LogP) is 2.45. The maximum Gasteiger partial charge on any atom is 0.247 e. The average molecular weight is 303 g/mol. The van der Waals surface area contributed by atoms with Crippen molar-refractivity contribution in [2.24, 2.45) is 5.92 Å². The molecule has 0 aliphatic heterocycles. The third kappa shape index (κ3) is 4.58. The zero-order valence-electron chi connectivity index (χ0n) is 13.1. The summed E-state index contributed by atoms with van der Waals surface area (Å²) in [4.78, 5) is 11.7. The van der Waals surface area contributed by atoms with Crippen LogP contribution in [0.15, 0.2) is 28.7 Å². The number of nitrogens with zero attached hydrogens (tertiary/aromatic N) is 2. The van der Waals surface area contributed by atoms with E-state index in [9.17, 15) is 4.79 Å². The fourth-order valence-electron chi connectivity index (χ4n) is 1.85. The Morgan fingerprint density at radius 3 is 2.91 bits per heavy atom.